The molecule has 1 aliphatic heterocycles. The second kappa shape index (κ2) is 9.86. The van der Waals surface area contributed by atoms with Crippen molar-refractivity contribution in [1.82, 2.24) is 15.4 Å². The van der Waals surface area contributed by atoms with Gasteiger partial charge in [0, 0.05) is 44.9 Å². The van der Waals surface area contributed by atoms with Gasteiger partial charge in [-0.1, -0.05) is 5.16 Å². The third-order valence-corrected chi connectivity index (χ3v) is 4.16. The Morgan fingerprint density at radius 1 is 1.21 bits per heavy atom. The van der Waals surface area contributed by atoms with Gasteiger partial charge in [0.2, 0.25) is 5.91 Å². The molecule has 1 fully saturated rings. The van der Waals surface area contributed by atoms with Crippen molar-refractivity contribution in [3.63, 3.8) is 0 Å². The van der Waals surface area contributed by atoms with Crippen LogP contribution in [0, 0.1) is 0 Å². The highest BCUT2D eigenvalue weighted by atomic mass is 16.5. The van der Waals surface area contributed by atoms with E-state index in [0.29, 0.717) is 23.7 Å². The number of nitrogens with one attached hydrogen (secondary N) is 2. The van der Waals surface area contributed by atoms with Crippen LogP contribution in [0.4, 0.5) is 5.69 Å². The second-order valence-corrected chi connectivity index (χ2v) is 6.38. The SMILES string of the molecule is CC(=O)Nc1ccc(OCc2cc(C(=O)NCCN3CCOCC3)no2)cc1. The Labute approximate surface area is 163 Å². The average Bonchev–Trinajstić information content (AvgIpc) is 3.17. The fourth-order valence-corrected chi connectivity index (χ4v) is 2.72. The standard InChI is InChI=1S/C19H24N4O5/c1-14(24)21-15-2-4-16(5-3-15)27-13-17-12-18(22-28-17)19(25)20-6-7-23-8-10-26-11-9-23/h2-5,12H,6-11,13H2,1H3,(H,20,25)(H,21,24). The maximum atomic E-state index is 12.1. The van der Waals surface area contributed by atoms with E-state index in [1.807, 2.05) is 0 Å². The highest BCUT2D eigenvalue weighted by Crippen LogP contribution is 2.17. The van der Waals surface area contributed by atoms with Crippen LogP contribution in [0.1, 0.15) is 23.2 Å². The van der Waals surface area contributed by atoms with Crippen molar-refractivity contribution in [3.05, 3.63) is 41.8 Å². The van der Waals surface area contributed by atoms with Crippen LogP contribution in [0.5, 0.6) is 5.75 Å². The lowest BCUT2D eigenvalue weighted by molar-refractivity contribution is -0.114. The van der Waals surface area contributed by atoms with Gasteiger partial charge in [-0.2, -0.15) is 0 Å². The maximum Gasteiger partial charge on any atom is 0.273 e. The molecule has 0 atom stereocenters. The minimum atomic E-state index is -0.275. The number of carbonyl (C=O) groups is 2. The molecule has 2 aromatic rings. The largest absolute Gasteiger partial charge is 0.486 e. The van der Waals surface area contributed by atoms with Crippen molar-refractivity contribution in [3.8, 4) is 5.75 Å². The number of anilines is 1. The molecule has 2 heterocycles. The predicted octanol–water partition coefficient (Wildman–Crippen LogP) is 1.27. The summed E-state index contributed by atoms with van der Waals surface area (Å²) in [6.45, 7) is 6.14. The summed E-state index contributed by atoms with van der Waals surface area (Å²) in [5, 5.41) is 9.31. The number of benzene rings is 1. The van der Waals surface area contributed by atoms with Gasteiger partial charge in [0.15, 0.2) is 11.5 Å². The molecule has 1 aromatic carbocycles. The molecule has 3 rings (SSSR count). The number of aromatic nitrogens is 1. The van der Waals surface area contributed by atoms with Crippen LogP contribution in [-0.2, 0) is 16.1 Å². The van der Waals surface area contributed by atoms with Gasteiger partial charge in [-0.15, -0.1) is 0 Å². The summed E-state index contributed by atoms with van der Waals surface area (Å²) >= 11 is 0. The molecule has 1 aliphatic rings. The number of amides is 2. The number of morpholine rings is 1. The predicted molar refractivity (Wildman–Crippen MR) is 101 cm³/mol. The van der Waals surface area contributed by atoms with Crippen molar-refractivity contribution >= 4 is 17.5 Å². The number of hydrogen-bond donors (Lipinski definition) is 2. The van der Waals surface area contributed by atoms with E-state index in [2.05, 4.69) is 20.7 Å². The highest BCUT2D eigenvalue weighted by Gasteiger charge is 2.14. The lowest BCUT2D eigenvalue weighted by atomic mass is 10.3. The summed E-state index contributed by atoms with van der Waals surface area (Å²) in [4.78, 5) is 25.4. The van der Waals surface area contributed by atoms with Crippen LogP contribution in [-0.4, -0.2) is 61.3 Å². The molecule has 1 saturated heterocycles. The zero-order valence-corrected chi connectivity index (χ0v) is 15.8. The maximum absolute atomic E-state index is 12.1. The summed E-state index contributed by atoms with van der Waals surface area (Å²) in [6.07, 6.45) is 0. The lowest BCUT2D eigenvalue weighted by Gasteiger charge is -2.26. The summed E-state index contributed by atoms with van der Waals surface area (Å²) in [5.74, 6) is 0.653. The number of carbonyl (C=O) groups excluding carboxylic acids is 2. The Hall–Kier alpha value is -2.91. The molecule has 0 radical (unpaired) electrons. The van der Waals surface area contributed by atoms with Crippen LogP contribution in [0.2, 0.25) is 0 Å². The normalized spacial score (nSPS) is 14.5. The minimum absolute atomic E-state index is 0.133. The smallest absolute Gasteiger partial charge is 0.273 e. The number of nitrogens with zero attached hydrogens (tertiary/aromatic N) is 2. The van der Waals surface area contributed by atoms with Crippen molar-refractivity contribution in [2.45, 2.75) is 13.5 Å². The van der Waals surface area contributed by atoms with Gasteiger partial charge in [0.1, 0.15) is 12.4 Å². The molecular formula is C19H24N4O5. The van der Waals surface area contributed by atoms with Crippen molar-refractivity contribution in [2.75, 3.05) is 44.7 Å². The average molecular weight is 388 g/mol. The fourth-order valence-electron chi connectivity index (χ4n) is 2.72. The van der Waals surface area contributed by atoms with Gasteiger partial charge in [-0.05, 0) is 24.3 Å². The van der Waals surface area contributed by atoms with Gasteiger partial charge in [0.25, 0.3) is 5.91 Å². The first-order valence-corrected chi connectivity index (χ1v) is 9.14. The lowest BCUT2D eigenvalue weighted by Crippen LogP contribution is -2.41. The Bertz CT molecular complexity index is 784. The van der Waals surface area contributed by atoms with E-state index in [0.717, 1.165) is 32.8 Å². The Morgan fingerprint density at radius 2 is 1.96 bits per heavy atom. The number of hydrogen-bond acceptors (Lipinski definition) is 7. The Morgan fingerprint density at radius 3 is 2.68 bits per heavy atom. The second-order valence-electron chi connectivity index (χ2n) is 6.38. The van der Waals surface area contributed by atoms with E-state index in [1.54, 1.807) is 30.3 Å². The molecule has 0 saturated carbocycles. The first-order valence-electron chi connectivity index (χ1n) is 9.14. The summed E-state index contributed by atoms with van der Waals surface area (Å²) in [7, 11) is 0. The van der Waals surface area contributed by atoms with E-state index in [4.69, 9.17) is 14.0 Å². The molecule has 0 spiro atoms. The zero-order chi connectivity index (χ0) is 19.8. The molecule has 28 heavy (non-hydrogen) atoms. The fraction of sp³-hybridized carbons (Fsp3) is 0.421. The molecule has 0 aliphatic carbocycles. The first-order chi connectivity index (χ1) is 13.6. The molecule has 2 N–H and O–H groups in total. The monoisotopic (exact) mass is 388 g/mol. The van der Waals surface area contributed by atoms with Crippen LogP contribution in [0.3, 0.4) is 0 Å². The number of rotatable bonds is 8. The highest BCUT2D eigenvalue weighted by molar-refractivity contribution is 5.92. The van der Waals surface area contributed by atoms with E-state index in [1.165, 1.54) is 6.92 Å². The Balaban J connectivity index is 1.41. The topological polar surface area (TPSA) is 106 Å². The van der Waals surface area contributed by atoms with Gasteiger partial charge in [0.05, 0.1) is 13.2 Å². The van der Waals surface area contributed by atoms with Crippen LogP contribution in [0.25, 0.3) is 0 Å². The van der Waals surface area contributed by atoms with Gasteiger partial charge >= 0.3 is 0 Å². The van der Waals surface area contributed by atoms with Crippen molar-refractivity contribution < 1.29 is 23.6 Å². The van der Waals surface area contributed by atoms with E-state index in [9.17, 15) is 9.59 Å². The third-order valence-electron chi connectivity index (χ3n) is 4.16. The van der Waals surface area contributed by atoms with E-state index >= 15 is 0 Å². The molecule has 9 heteroatoms. The van der Waals surface area contributed by atoms with Crippen molar-refractivity contribution in [1.29, 1.82) is 0 Å². The van der Waals surface area contributed by atoms with Gasteiger partial charge in [-0.25, -0.2) is 0 Å². The van der Waals surface area contributed by atoms with Crippen LogP contribution < -0.4 is 15.4 Å². The van der Waals surface area contributed by atoms with Gasteiger partial charge in [-0.3, -0.25) is 14.5 Å². The molecule has 2 amide bonds. The quantitative estimate of drug-likeness (QED) is 0.701. The number of ether oxygens (including phenoxy) is 2. The molecule has 150 valence electrons. The minimum Gasteiger partial charge on any atom is -0.486 e. The summed E-state index contributed by atoms with van der Waals surface area (Å²) < 4.78 is 16.1. The first kappa shape index (κ1) is 19.8. The molecule has 1 aromatic heterocycles. The van der Waals surface area contributed by atoms with Crippen LogP contribution >= 0.6 is 0 Å². The zero-order valence-electron chi connectivity index (χ0n) is 15.8. The Kier molecular flexibility index (Phi) is 6.99. The molecule has 0 bridgehead atoms. The molecule has 0 unspecified atom stereocenters. The van der Waals surface area contributed by atoms with Crippen LogP contribution in [0.15, 0.2) is 34.9 Å². The molecule has 9 nitrogen and oxygen atoms in total. The van der Waals surface area contributed by atoms with Gasteiger partial charge < -0.3 is 24.6 Å². The van der Waals surface area contributed by atoms with Crippen molar-refractivity contribution in [2.24, 2.45) is 0 Å². The van der Waals surface area contributed by atoms with E-state index < -0.39 is 0 Å². The summed E-state index contributed by atoms with van der Waals surface area (Å²) in [6, 6.07) is 8.52. The third kappa shape index (κ3) is 6.07. The van der Waals surface area contributed by atoms with E-state index in [-0.39, 0.29) is 24.1 Å². The summed E-state index contributed by atoms with van der Waals surface area (Å²) in [5.41, 5.74) is 0.914. The molecular weight excluding hydrogens is 364 g/mol.